The van der Waals surface area contributed by atoms with Gasteiger partial charge in [-0.05, 0) is 75.8 Å². The number of hydrogen-bond acceptors (Lipinski definition) is 3. The number of aromatic nitrogens is 5. The van der Waals surface area contributed by atoms with E-state index in [0.717, 1.165) is 66.3 Å². The van der Waals surface area contributed by atoms with E-state index in [9.17, 15) is 0 Å². The van der Waals surface area contributed by atoms with Gasteiger partial charge in [-0.15, -0.1) is 0 Å². The highest BCUT2D eigenvalue weighted by molar-refractivity contribution is 6.23. The van der Waals surface area contributed by atoms with Crippen molar-refractivity contribution in [2.24, 2.45) is 0 Å². The first-order valence-corrected chi connectivity index (χ1v) is 20.9. The van der Waals surface area contributed by atoms with E-state index in [4.69, 9.17) is 15.0 Å². The highest BCUT2D eigenvalue weighted by atomic mass is 15.2. The average Bonchev–Trinajstić information content (AvgIpc) is 3.88. The smallest absolute Gasteiger partial charge is 0.238 e. The van der Waals surface area contributed by atoms with Gasteiger partial charge < -0.3 is 4.57 Å². The van der Waals surface area contributed by atoms with Crippen molar-refractivity contribution in [2.45, 2.75) is 0 Å². The predicted molar refractivity (Wildman–Crippen MR) is 256 cm³/mol. The molecule has 12 rings (SSSR count). The molecule has 0 spiro atoms. The fourth-order valence-electron chi connectivity index (χ4n) is 9.09. The van der Waals surface area contributed by atoms with Gasteiger partial charge in [0, 0.05) is 38.4 Å². The Labute approximate surface area is 358 Å². The normalized spacial score (nSPS) is 11.5. The van der Waals surface area contributed by atoms with Crippen molar-refractivity contribution in [3.63, 3.8) is 0 Å². The number of hydrogen-bond donors (Lipinski definition) is 0. The Morgan fingerprint density at radius 2 is 0.645 bits per heavy atom. The molecule has 0 atom stereocenters. The maximum atomic E-state index is 5.40. The van der Waals surface area contributed by atoms with Crippen LogP contribution in [0.5, 0.6) is 0 Å². The first-order valence-electron chi connectivity index (χ1n) is 20.9. The maximum absolute atomic E-state index is 5.40. The lowest BCUT2D eigenvalue weighted by atomic mass is 9.95. The van der Waals surface area contributed by atoms with Crippen LogP contribution in [0.4, 0.5) is 0 Å². The third kappa shape index (κ3) is 5.98. The number of para-hydroxylation sites is 3. The highest BCUT2D eigenvalue weighted by Crippen LogP contribution is 2.42. The SMILES string of the molecule is c1ccc(-c2cccc(-c3cccc(-c4cccc(-c5nc(-c6ccccc6)nc(-n6c7ccccc7c7ccc8c9ccccc9n(-c9ccccc9)c8c76)n5)c4)c3)c2)cc1. The molecule has 0 saturated heterocycles. The first kappa shape index (κ1) is 35.5. The summed E-state index contributed by atoms with van der Waals surface area (Å²) in [5.74, 6) is 1.77. The van der Waals surface area contributed by atoms with Crippen molar-refractivity contribution in [1.82, 2.24) is 24.1 Å². The minimum atomic E-state index is 0.558. The molecule has 12 aromatic rings. The zero-order valence-corrected chi connectivity index (χ0v) is 33.6. The minimum Gasteiger partial charge on any atom is -0.307 e. The minimum absolute atomic E-state index is 0.558. The molecule has 0 radical (unpaired) electrons. The van der Waals surface area contributed by atoms with E-state index in [1.54, 1.807) is 0 Å². The van der Waals surface area contributed by atoms with Crippen molar-refractivity contribution in [3.8, 4) is 67.8 Å². The van der Waals surface area contributed by atoms with Gasteiger partial charge >= 0.3 is 0 Å². The molecule has 3 heterocycles. The standard InChI is InChI=1S/C57H37N5/c1-4-17-38(18-5-1)40-21-14-22-41(35-40)42-23-15-24-43(36-42)44-25-16-26-45(37-44)56-58-55(39-19-6-2-7-20-39)59-57(60-56)62-52-32-13-11-30-48(52)50-34-33-49-47-29-10-12-31-51(47)61(53(49)54(50)62)46-27-8-3-9-28-46/h1-37H. The number of nitrogens with zero attached hydrogens (tertiary/aromatic N) is 5. The van der Waals surface area contributed by atoms with Crippen LogP contribution >= 0.6 is 0 Å². The summed E-state index contributed by atoms with van der Waals surface area (Å²) in [4.78, 5) is 15.9. The van der Waals surface area contributed by atoms with E-state index in [2.05, 4.69) is 215 Å². The lowest BCUT2D eigenvalue weighted by molar-refractivity contribution is 0.953. The fourth-order valence-corrected chi connectivity index (χ4v) is 9.09. The molecule has 9 aromatic carbocycles. The van der Waals surface area contributed by atoms with Crippen LogP contribution < -0.4 is 0 Å². The summed E-state index contributed by atoms with van der Waals surface area (Å²) in [5.41, 5.74) is 14.2. The van der Waals surface area contributed by atoms with E-state index < -0.39 is 0 Å². The van der Waals surface area contributed by atoms with Gasteiger partial charge in [0.15, 0.2) is 11.6 Å². The van der Waals surface area contributed by atoms with Gasteiger partial charge in [-0.2, -0.15) is 9.97 Å². The van der Waals surface area contributed by atoms with Crippen molar-refractivity contribution in [1.29, 1.82) is 0 Å². The van der Waals surface area contributed by atoms with E-state index in [1.807, 2.05) is 18.2 Å². The quantitative estimate of drug-likeness (QED) is 0.162. The van der Waals surface area contributed by atoms with Crippen molar-refractivity contribution in [3.05, 3.63) is 224 Å². The average molecular weight is 792 g/mol. The highest BCUT2D eigenvalue weighted by Gasteiger charge is 2.23. The molecule has 62 heavy (non-hydrogen) atoms. The van der Waals surface area contributed by atoms with Crippen molar-refractivity contribution < 1.29 is 0 Å². The predicted octanol–water partition coefficient (Wildman–Crippen LogP) is 14.4. The van der Waals surface area contributed by atoms with Gasteiger partial charge in [0.05, 0.1) is 22.1 Å². The molecule has 0 unspecified atom stereocenters. The summed E-state index contributed by atoms with van der Waals surface area (Å²) in [6.07, 6.45) is 0. The molecule has 290 valence electrons. The summed E-state index contributed by atoms with van der Waals surface area (Å²) >= 11 is 0. The van der Waals surface area contributed by atoms with Crippen LogP contribution in [0.15, 0.2) is 224 Å². The topological polar surface area (TPSA) is 48.5 Å². The molecule has 5 heteroatoms. The second-order valence-corrected chi connectivity index (χ2v) is 15.7. The molecule has 0 bridgehead atoms. The Hall–Kier alpha value is -8.41. The number of rotatable bonds is 7. The van der Waals surface area contributed by atoms with E-state index in [0.29, 0.717) is 17.6 Å². The van der Waals surface area contributed by atoms with E-state index in [-0.39, 0.29) is 0 Å². The van der Waals surface area contributed by atoms with E-state index >= 15 is 0 Å². The molecule has 0 saturated carbocycles. The lowest BCUT2D eigenvalue weighted by Gasteiger charge is -2.13. The molecule has 3 aromatic heterocycles. The fraction of sp³-hybridized carbons (Fsp3) is 0. The number of benzene rings is 9. The molecule has 0 amide bonds. The molecule has 0 N–H and O–H groups in total. The molecule has 0 aliphatic heterocycles. The number of fused-ring (bicyclic) bond motifs is 7. The third-order valence-electron chi connectivity index (χ3n) is 12.0. The zero-order valence-electron chi connectivity index (χ0n) is 33.6. The second kappa shape index (κ2) is 14.7. The van der Waals surface area contributed by atoms with Crippen LogP contribution in [-0.2, 0) is 0 Å². The van der Waals surface area contributed by atoms with Crippen LogP contribution in [0.25, 0.3) is 111 Å². The Morgan fingerprint density at radius 1 is 0.258 bits per heavy atom. The molecular weight excluding hydrogens is 755 g/mol. The summed E-state index contributed by atoms with van der Waals surface area (Å²) in [6.45, 7) is 0. The molecule has 5 nitrogen and oxygen atoms in total. The Balaban J connectivity index is 1.07. The van der Waals surface area contributed by atoms with Crippen LogP contribution in [0.2, 0.25) is 0 Å². The first-order chi connectivity index (χ1) is 30.7. The van der Waals surface area contributed by atoms with Gasteiger partial charge in [0.25, 0.3) is 0 Å². The summed E-state index contributed by atoms with van der Waals surface area (Å²) in [7, 11) is 0. The molecule has 0 aliphatic carbocycles. The Kier molecular flexibility index (Phi) is 8.42. The van der Waals surface area contributed by atoms with E-state index in [1.165, 1.54) is 27.5 Å². The summed E-state index contributed by atoms with van der Waals surface area (Å²) in [6, 6.07) is 79.2. The van der Waals surface area contributed by atoms with Gasteiger partial charge in [-0.1, -0.05) is 182 Å². The van der Waals surface area contributed by atoms with Crippen LogP contribution in [0, 0.1) is 0 Å². The van der Waals surface area contributed by atoms with Crippen LogP contribution in [0.1, 0.15) is 0 Å². The third-order valence-corrected chi connectivity index (χ3v) is 12.0. The van der Waals surface area contributed by atoms with Gasteiger partial charge in [-0.25, -0.2) is 4.98 Å². The molecule has 0 fully saturated rings. The molecular formula is C57H37N5. The maximum Gasteiger partial charge on any atom is 0.238 e. The van der Waals surface area contributed by atoms with Crippen molar-refractivity contribution in [2.75, 3.05) is 0 Å². The lowest BCUT2D eigenvalue weighted by Crippen LogP contribution is -2.07. The largest absolute Gasteiger partial charge is 0.307 e. The van der Waals surface area contributed by atoms with Crippen molar-refractivity contribution >= 4 is 43.6 Å². The van der Waals surface area contributed by atoms with Crippen LogP contribution in [-0.4, -0.2) is 24.1 Å². The van der Waals surface area contributed by atoms with Crippen LogP contribution in [0.3, 0.4) is 0 Å². The molecule has 0 aliphatic rings. The second-order valence-electron chi connectivity index (χ2n) is 15.7. The Morgan fingerprint density at radius 3 is 1.21 bits per heavy atom. The summed E-state index contributed by atoms with van der Waals surface area (Å²) < 4.78 is 4.64. The summed E-state index contributed by atoms with van der Waals surface area (Å²) in [5, 5.41) is 4.62. The zero-order chi connectivity index (χ0) is 41.0. The van der Waals surface area contributed by atoms with Gasteiger partial charge in [0.2, 0.25) is 5.95 Å². The monoisotopic (exact) mass is 791 g/mol. The van der Waals surface area contributed by atoms with Gasteiger partial charge in [-0.3, -0.25) is 4.57 Å². The Bertz CT molecular complexity index is 3620. The van der Waals surface area contributed by atoms with Gasteiger partial charge in [0.1, 0.15) is 0 Å².